The van der Waals surface area contributed by atoms with Gasteiger partial charge in [0.1, 0.15) is 18.8 Å². The minimum absolute atomic E-state index is 0.0133. The van der Waals surface area contributed by atoms with Crippen LogP contribution in [-0.2, 0) is 31.0 Å². The van der Waals surface area contributed by atoms with Crippen LogP contribution >= 0.6 is 0 Å². The number of carbonyl (C=O) groups is 1. The molecule has 0 aliphatic carbocycles. The van der Waals surface area contributed by atoms with Crippen LogP contribution in [0.5, 0.6) is 5.75 Å². The first-order chi connectivity index (χ1) is 13.6. The van der Waals surface area contributed by atoms with E-state index in [1.54, 1.807) is 0 Å². The van der Waals surface area contributed by atoms with Gasteiger partial charge in [-0.15, -0.1) is 10.2 Å². The van der Waals surface area contributed by atoms with Crippen molar-refractivity contribution in [3.05, 3.63) is 71.5 Å². The first-order valence-corrected chi connectivity index (χ1v) is 9.17. The highest BCUT2D eigenvalue weighted by Gasteiger charge is 2.10. The van der Waals surface area contributed by atoms with Crippen molar-refractivity contribution in [2.75, 3.05) is 14.1 Å². The average Bonchev–Trinajstić information content (AvgIpc) is 3.13. The molecule has 8 heteroatoms. The van der Waals surface area contributed by atoms with E-state index in [1.807, 2.05) is 48.5 Å². The molecule has 0 radical (unpaired) electrons. The molecule has 3 rings (SSSR count). The van der Waals surface area contributed by atoms with Crippen molar-refractivity contribution in [3.8, 4) is 5.75 Å². The Morgan fingerprint density at radius 2 is 1.79 bits per heavy atom. The molecule has 0 bridgehead atoms. The number of amides is 1. The minimum Gasteiger partial charge on any atom is -0.485 e. The number of para-hydroxylation sites is 1. The molecule has 146 valence electrons. The lowest BCUT2D eigenvalue weighted by Crippen LogP contribution is -3.04. The SMILES string of the molecule is C[NH+](C)Cc1ccccc1CNC(=O)Cn1nnc(COc2ccccc2)n1. The van der Waals surface area contributed by atoms with Gasteiger partial charge in [-0.2, -0.15) is 4.80 Å². The van der Waals surface area contributed by atoms with E-state index in [2.05, 4.69) is 40.9 Å². The van der Waals surface area contributed by atoms with Gasteiger partial charge < -0.3 is 15.0 Å². The van der Waals surface area contributed by atoms with Crippen LogP contribution in [0, 0.1) is 0 Å². The summed E-state index contributed by atoms with van der Waals surface area (Å²) >= 11 is 0. The van der Waals surface area contributed by atoms with Crippen LogP contribution in [0.2, 0.25) is 0 Å². The highest BCUT2D eigenvalue weighted by molar-refractivity contribution is 5.75. The summed E-state index contributed by atoms with van der Waals surface area (Å²) in [6.07, 6.45) is 0. The molecule has 0 spiro atoms. The molecule has 0 atom stereocenters. The predicted molar refractivity (Wildman–Crippen MR) is 103 cm³/mol. The van der Waals surface area contributed by atoms with E-state index in [0.717, 1.165) is 17.9 Å². The van der Waals surface area contributed by atoms with E-state index in [1.165, 1.54) is 15.3 Å². The number of carbonyl (C=O) groups excluding carboxylic acids is 1. The topological polar surface area (TPSA) is 86.4 Å². The molecule has 0 aliphatic heterocycles. The van der Waals surface area contributed by atoms with Gasteiger partial charge in [0, 0.05) is 12.1 Å². The highest BCUT2D eigenvalue weighted by Crippen LogP contribution is 2.09. The second kappa shape index (κ2) is 9.61. The van der Waals surface area contributed by atoms with Gasteiger partial charge in [-0.1, -0.05) is 42.5 Å². The summed E-state index contributed by atoms with van der Waals surface area (Å²) in [5, 5.41) is 14.9. The molecule has 3 aromatic rings. The number of aromatic nitrogens is 4. The summed E-state index contributed by atoms with van der Waals surface area (Å²) in [6, 6.07) is 17.5. The maximum atomic E-state index is 12.2. The zero-order valence-corrected chi connectivity index (χ0v) is 16.1. The molecule has 28 heavy (non-hydrogen) atoms. The second-order valence-corrected chi connectivity index (χ2v) is 6.77. The second-order valence-electron chi connectivity index (χ2n) is 6.77. The smallest absolute Gasteiger partial charge is 0.243 e. The maximum absolute atomic E-state index is 12.2. The van der Waals surface area contributed by atoms with E-state index in [-0.39, 0.29) is 19.1 Å². The Labute approximate surface area is 164 Å². The van der Waals surface area contributed by atoms with Crippen LogP contribution in [0.15, 0.2) is 54.6 Å². The lowest BCUT2D eigenvalue weighted by molar-refractivity contribution is -0.872. The zero-order valence-electron chi connectivity index (χ0n) is 16.1. The van der Waals surface area contributed by atoms with Crippen LogP contribution < -0.4 is 15.0 Å². The Balaban J connectivity index is 1.48. The maximum Gasteiger partial charge on any atom is 0.243 e. The van der Waals surface area contributed by atoms with Gasteiger partial charge in [0.15, 0.2) is 6.61 Å². The molecule has 0 aliphatic rings. The molecular weight excluding hydrogens is 356 g/mol. The molecule has 2 N–H and O–H groups in total. The van der Waals surface area contributed by atoms with Crippen LogP contribution in [0.3, 0.4) is 0 Å². The van der Waals surface area contributed by atoms with Crippen LogP contribution in [-0.4, -0.2) is 40.2 Å². The third-order valence-corrected chi connectivity index (χ3v) is 4.03. The van der Waals surface area contributed by atoms with Gasteiger partial charge in [-0.3, -0.25) is 4.79 Å². The lowest BCUT2D eigenvalue weighted by atomic mass is 10.1. The van der Waals surface area contributed by atoms with Crippen molar-refractivity contribution in [1.82, 2.24) is 25.5 Å². The Hall–Kier alpha value is -3.26. The predicted octanol–water partition coefficient (Wildman–Crippen LogP) is 0.213. The summed E-state index contributed by atoms with van der Waals surface area (Å²) in [7, 11) is 4.20. The molecule has 0 fully saturated rings. The fourth-order valence-corrected chi connectivity index (χ4v) is 2.73. The molecule has 2 aromatic carbocycles. The standard InChI is InChI=1S/C20H24N6O2/c1-25(2)13-17-9-7-6-8-16(17)12-21-20(27)14-26-23-19(22-24-26)15-28-18-10-4-3-5-11-18/h3-11H,12-15H2,1-2H3,(H,21,27)/p+1. The van der Waals surface area contributed by atoms with E-state index in [4.69, 9.17) is 4.74 Å². The van der Waals surface area contributed by atoms with Crippen molar-refractivity contribution < 1.29 is 14.4 Å². The van der Waals surface area contributed by atoms with E-state index >= 15 is 0 Å². The number of hydrogen-bond donors (Lipinski definition) is 2. The third-order valence-electron chi connectivity index (χ3n) is 4.03. The molecule has 0 saturated carbocycles. The van der Waals surface area contributed by atoms with E-state index in [0.29, 0.717) is 12.4 Å². The van der Waals surface area contributed by atoms with Crippen LogP contribution in [0.25, 0.3) is 0 Å². The van der Waals surface area contributed by atoms with Gasteiger partial charge in [0.05, 0.1) is 14.1 Å². The number of rotatable bonds is 9. The van der Waals surface area contributed by atoms with Crippen LogP contribution in [0.4, 0.5) is 0 Å². The Kier molecular flexibility index (Phi) is 6.69. The summed E-state index contributed by atoms with van der Waals surface area (Å²) < 4.78 is 5.58. The number of tetrazole rings is 1. The summed E-state index contributed by atoms with van der Waals surface area (Å²) in [6.45, 7) is 1.59. The van der Waals surface area contributed by atoms with Gasteiger partial charge in [0.25, 0.3) is 0 Å². The van der Waals surface area contributed by atoms with Gasteiger partial charge in [-0.05, 0) is 22.9 Å². The molecule has 0 unspecified atom stereocenters. The number of nitrogens with one attached hydrogen (secondary N) is 2. The Morgan fingerprint density at radius 3 is 2.54 bits per heavy atom. The monoisotopic (exact) mass is 381 g/mol. The minimum atomic E-state index is -0.167. The number of hydrogen-bond acceptors (Lipinski definition) is 5. The van der Waals surface area contributed by atoms with Crippen molar-refractivity contribution >= 4 is 5.91 Å². The van der Waals surface area contributed by atoms with E-state index in [9.17, 15) is 4.79 Å². The first kappa shape index (κ1) is 19.5. The Morgan fingerprint density at radius 1 is 1.07 bits per heavy atom. The molecule has 1 heterocycles. The van der Waals surface area contributed by atoms with Crippen LogP contribution in [0.1, 0.15) is 17.0 Å². The third kappa shape index (κ3) is 5.88. The lowest BCUT2D eigenvalue weighted by Gasteiger charge is -2.12. The summed E-state index contributed by atoms with van der Waals surface area (Å²) in [4.78, 5) is 14.8. The highest BCUT2D eigenvalue weighted by atomic mass is 16.5. The summed E-state index contributed by atoms with van der Waals surface area (Å²) in [5.74, 6) is 0.991. The number of ether oxygens (including phenoxy) is 1. The molecule has 1 amide bonds. The largest absolute Gasteiger partial charge is 0.485 e. The fraction of sp³-hybridized carbons (Fsp3) is 0.300. The number of quaternary nitrogens is 1. The molecule has 1 aromatic heterocycles. The molecule has 0 saturated heterocycles. The van der Waals surface area contributed by atoms with E-state index < -0.39 is 0 Å². The average molecular weight is 381 g/mol. The first-order valence-electron chi connectivity index (χ1n) is 9.17. The molecular formula is C20H25N6O2+. The number of nitrogens with zero attached hydrogens (tertiary/aromatic N) is 4. The summed E-state index contributed by atoms with van der Waals surface area (Å²) in [5.41, 5.74) is 2.34. The zero-order chi connectivity index (χ0) is 19.8. The van der Waals surface area contributed by atoms with Gasteiger partial charge >= 0.3 is 0 Å². The van der Waals surface area contributed by atoms with Gasteiger partial charge in [0.2, 0.25) is 11.7 Å². The normalized spacial score (nSPS) is 10.8. The quantitative estimate of drug-likeness (QED) is 0.554. The molecule has 8 nitrogen and oxygen atoms in total. The fourth-order valence-electron chi connectivity index (χ4n) is 2.73. The van der Waals surface area contributed by atoms with Crippen molar-refractivity contribution in [2.24, 2.45) is 0 Å². The van der Waals surface area contributed by atoms with Gasteiger partial charge in [-0.25, -0.2) is 0 Å². The Bertz CT molecular complexity index is 894. The van der Waals surface area contributed by atoms with Crippen molar-refractivity contribution in [2.45, 2.75) is 26.2 Å². The van der Waals surface area contributed by atoms with Crippen molar-refractivity contribution in [1.29, 1.82) is 0 Å². The number of benzene rings is 2. The van der Waals surface area contributed by atoms with Crippen molar-refractivity contribution in [3.63, 3.8) is 0 Å².